The Bertz CT molecular complexity index is 977. The minimum absolute atomic E-state index is 1.26. The van der Waals surface area contributed by atoms with Gasteiger partial charge in [0.15, 0.2) is 0 Å². The second-order valence-electron chi connectivity index (χ2n) is 5.57. The van der Waals surface area contributed by atoms with Gasteiger partial charge in [0, 0.05) is 10.8 Å². The molecule has 0 aliphatic heterocycles. The van der Waals surface area contributed by atoms with Crippen LogP contribution in [0.4, 0.5) is 0 Å². The second-order valence-corrected chi connectivity index (χ2v) is 5.57. The molecule has 2 aromatic carbocycles. The molecule has 4 rings (SSSR count). The summed E-state index contributed by atoms with van der Waals surface area (Å²) in [7, 11) is 2.12. The number of nitrogens with zero attached hydrogens (tertiary/aromatic N) is 2. The van der Waals surface area contributed by atoms with E-state index in [1.54, 1.807) is 0 Å². The van der Waals surface area contributed by atoms with Crippen molar-refractivity contribution in [3.05, 3.63) is 59.9 Å². The molecule has 20 heavy (non-hydrogen) atoms. The van der Waals surface area contributed by atoms with E-state index in [9.17, 15) is 0 Å². The van der Waals surface area contributed by atoms with Crippen LogP contribution in [0.5, 0.6) is 0 Å². The molecule has 98 valence electrons. The maximum atomic E-state index is 2.32. The highest BCUT2D eigenvalue weighted by Gasteiger charge is 2.19. The number of para-hydroxylation sites is 1. The fraction of sp³-hybridized carbons (Fsp3) is 0.167. The quantitative estimate of drug-likeness (QED) is 0.337. The molecule has 0 spiro atoms. The fourth-order valence-electron chi connectivity index (χ4n) is 3.34. The lowest BCUT2D eigenvalue weighted by atomic mass is 10.0. The first-order valence-electron chi connectivity index (χ1n) is 6.96. The number of aromatic nitrogens is 2. The number of imidazole rings is 1. The molecular weight excluding hydrogens is 244 g/mol. The van der Waals surface area contributed by atoms with Gasteiger partial charge in [-0.3, -0.25) is 0 Å². The van der Waals surface area contributed by atoms with Crippen molar-refractivity contribution in [3.8, 4) is 0 Å². The van der Waals surface area contributed by atoms with Gasteiger partial charge in [-0.05, 0) is 25.0 Å². The Morgan fingerprint density at radius 2 is 1.60 bits per heavy atom. The number of rotatable bonds is 0. The van der Waals surface area contributed by atoms with Gasteiger partial charge in [0.05, 0.1) is 12.4 Å². The van der Waals surface area contributed by atoms with Crippen molar-refractivity contribution in [2.75, 3.05) is 0 Å². The zero-order valence-corrected chi connectivity index (χ0v) is 12.0. The molecule has 0 aliphatic carbocycles. The number of fused-ring (bicyclic) bond motifs is 6. The average molecular weight is 261 g/mol. The maximum absolute atomic E-state index is 2.32. The molecule has 0 atom stereocenters. The maximum Gasteiger partial charge on any atom is 0.294 e. The minimum Gasteiger partial charge on any atom is -0.232 e. The number of hydrogen-bond donors (Lipinski definition) is 0. The van der Waals surface area contributed by atoms with Crippen molar-refractivity contribution < 1.29 is 4.57 Å². The molecule has 0 N–H and O–H groups in total. The van der Waals surface area contributed by atoms with Crippen molar-refractivity contribution in [1.82, 2.24) is 4.40 Å². The lowest BCUT2D eigenvalue weighted by Crippen LogP contribution is -2.26. The van der Waals surface area contributed by atoms with E-state index in [-0.39, 0.29) is 0 Å². The summed E-state index contributed by atoms with van der Waals surface area (Å²) in [6.07, 6.45) is 4.30. The molecule has 0 saturated heterocycles. The van der Waals surface area contributed by atoms with Gasteiger partial charge >= 0.3 is 0 Å². The first-order valence-corrected chi connectivity index (χ1v) is 6.96. The Morgan fingerprint density at radius 1 is 0.900 bits per heavy atom. The summed E-state index contributed by atoms with van der Waals surface area (Å²) in [5.74, 6) is 0. The number of benzene rings is 2. The Hall–Kier alpha value is -2.35. The van der Waals surface area contributed by atoms with E-state index >= 15 is 0 Å². The van der Waals surface area contributed by atoms with Crippen LogP contribution >= 0.6 is 0 Å². The highest BCUT2D eigenvalue weighted by Crippen LogP contribution is 2.31. The van der Waals surface area contributed by atoms with E-state index in [0.29, 0.717) is 0 Å². The highest BCUT2D eigenvalue weighted by atomic mass is 15.1. The summed E-state index contributed by atoms with van der Waals surface area (Å²) in [6, 6.07) is 13.1. The molecule has 2 heteroatoms. The summed E-state index contributed by atoms with van der Waals surface area (Å²) in [4.78, 5) is 0. The first-order chi connectivity index (χ1) is 9.68. The molecule has 0 unspecified atom stereocenters. The van der Waals surface area contributed by atoms with Gasteiger partial charge in [-0.25, -0.2) is 4.57 Å². The molecule has 0 radical (unpaired) electrons. The predicted molar refractivity (Wildman–Crippen MR) is 83.1 cm³/mol. The smallest absolute Gasteiger partial charge is 0.232 e. The van der Waals surface area contributed by atoms with Crippen molar-refractivity contribution in [3.63, 3.8) is 0 Å². The third kappa shape index (κ3) is 1.31. The summed E-state index contributed by atoms with van der Waals surface area (Å²) in [6.45, 7) is 4.38. The van der Waals surface area contributed by atoms with Crippen LogP contribution in [0, 0.1) is 13.8 Å². The van der Waals surface area contributed by atoms with Crippen molar-refractivity contribution in [2.24, 2.45) is 7.05 Å². The third-order valence-electron chi connectivity index (χ3n) is 4.27. The lowest BCUT2D eigenvalue weighted by Gasteiger charge is -2.08. The van der Waals surface area contributed by atoms with E-state index in [4.69, 9.17) is 0 Å². The molecule has 0 saturated carbocycles. The van der Waals surface area contributed by atoms with Crippen LogP contribution in [0.2, 0.25) is 0 Å². The Balaban J connectivity index is 2.50. The Morgan fingerprint density at radius 3 is 2.40 bits per heavy atom. The van der Waals surface area contributed by atoms with Crippen LogP contribution < -0.4 is 4.57 Å². The van der Waals surface area contributed by atoms with Crippen LogP contribution in [0.25, 0.3) is 27.3 Å². The molecule has 4 aromatic rings. The molecule has 0 fully saturated rings. The average Bonchev–Trinajstić information content (AvgIpc) is 2.81. The van der Waals surface area contributed by atoms with Crippen molar-refractivity contribution in [2.45, 2.75) is 13.8 Å². The van der Waals surface area contributed by atoms with Gasteiger partial charge in [-0.15, -0.1) is 0 Å². The zero-order valence-electron chi connectivity index (χ0n) is 12.0. The highest BCUT2D eigenvalue weighted by molar-refractivity contribution is 6.12. The van der Waals surface area contributed by atoms with Crippen LogP contribution in [-0.2, 0) is 7.05 Å². The normalized spacial score (nSPS) is 11.8. The molecule has 2 aromatic heterocycles. The van der Waals surface area contributed by atoms with Crippen molar-refractivity contribution >= 4 is 27.3 Å². The van der Waals surface area contributed by atoms with E-state index in [1.165, 1.54) is 38.4 Å². The topological polar surface area (TPSA) is 8.29 Å². The fourth-order valence-corrected chi connectivity index (χ4v) is 3.34. The lowest BCUT2D eigenvalue weighted by molar-refractivity contribution is -0.643. The van der Waals surface area contributed by atoms with Crippen molar-refractivity contribution in [1.29, 1.82) is 0 Å². The third-order valence-corrected chi connectivity index (χ3v) is 4.27. The monoisotopic (exact) mass is 261 g/mol. The number of pyridine rings is 1. The summed E-state index contributed by atoms with van der Waals surface area (Å²) >= 11 is 0. The van der Waals surface area contributed by atoms with Gasteiger partial charge in [0.25, 0.3) is 5.65 Å². The summed E-state index contributed by atoms with van der Waals surface area (Å²) in [5, 5.41) is 4.01. The molecule has 0 bridgehead atoms. The van der Waals surface area contributed by atoms with Crippen LogP contribution in [0.1, 0.15) is 11.1 Å². The molecule has 0 aliphatic rings. The predicted octanol–water partition coefficient (Wildman–Crippen LogP) is 3.69. The largest absolute Gasteiger partial charge is 0.294 e. The van der Waals surface area contributed by atoms with Gasteiger partial charge in [0.2, 0.25) is 0 Å². The standard InChI is InChI=1S/C18H17N2/c1-12-6-4-8-14-15-9-5-7-13(2)17(15)20-11-10-19(3)18(20)16(12)14/h4-11H,1-3H3/q+1. The second kappa shape index (κ2) is 3.83. The molecule has 2 nitrogen and oxygen atoms in total. The number of hydrogen-bond acceptors (Lipinski definition) is 0. The molecular formula is C18H17N2+. The van der Waals surface area contributed by atoms with E-state index in [0.717, 1.165) is 0 Å². The minimum atomic E-state index is 1.26. The van der Waals surface area contributed by atoms with Gasteiger partial charge in [0.1, 0.15) is 17.9 Å². The number of aryl methyl sites for hydroxylation is 3. The summed E-state index contributed by atoms with van der Waals surface area (Å²) in [5.41, 5.74) is 5.21. The SMILES string of the molecule is Cc1cccc2c3cccc(C)c3n3cc[n+](C)c3c12. The molecule has 0 amide bonds. The van der Waals surface area contributed by atoms with E-state index in [2.05, 4.69) is 78.7 Å². The van der Waals surface area contributed by atoms with Gasteiger partial charge in [-0.2, -0.15) is 4.40 Å². The van der Waals surface area contributed by atoms with Gasteiger partial charge in [-0.1, -0.05) is 36.4 Å². The Kier molecular flexibility index (Phi) is 2.19. The Labute approximate surface area is 117 Å². The van der Waals surface area contributed by atoms with Gasteiger partial charge < -0.3 is 0 Å². The molecule has 2 heterocycles. The van der Waals surface area contributed by atoms with Crippen LogP contribution in [0.3, 0.4) is 0 Å². The van der Waals surface area contributed by atoms with E-state index in [1.807, 2.05) is 0 Å². The van der Waals surface area contributed by atoms with Crippen LogP contribution in [0.15, 0.2) is 48.8 Å². The summed E-state index contributed by atoms with van der Waals surface area (Å²) < 4.78 is 4.53. The van der Waals surface area contributed by atoms with E-state index < -0.39 is 0 Å². The first kappa shape index (κ1) is 11.5. The zero-order chi connectivity index (χ0) is 13.9. The van der Waals surface area contributed by atoms with Crippen LogP contribution in [-0.4, -0.2) is 4.40 Å².